The number of rotatable bonds is 16. The summed E-state index contributed by atoms with van der Waals surface area (Å²) >= 11 is 1.55. The van der Waals surface area contributed by atoms with Crippen molar-refractivity contribution in [2.24, 2.45) is 11.7 Å². The highest BCUT2D eigenvalue weighted by atomic mass is 32.2. The molecule has 1 amide bonds. The lowest BCUT2D eigenvalue weighted by Crippen LogP contribution is -2.47. The Morgan fingerprint density at radius 2 is 1.58 bits per heavy atom. The van der Waals surface area contributed by atoms with Crippen molar-refractivity contribution in [3.63, 3.8) is 0 Å². The van der Waals surface area contributed by atoms with Crippen molar-refractivity contribution in [2.75, 3.05) is 18.1 Å². The molecule has 0 spiro atoms. The van der Waals surface area contributed by atoms with E-state index in [9.17, 15) is 14.4 Å². The summed E-state index contributed by atoms with van der Waals surface area (Å²) in [4.78, 5) is 34.9. The highest BCUT2D eigenvalue weighted by Crippen LogP contribution is 2.13. The van der Waals surface area contributed by atoms with Gasteiger partial charge in [0.25, 0.3) is 0 Å². The molecule has 0 saturated carbocycles. The van der Waals surface area contributed by atoms with Gasteiger partial charge in [-0.2, -0.15) is 11.8 Å². The van der Waals surface area contributed by atoms with E-state index in [1.54, 1.807) is 11.8 Å². The first-order valence-corrected chi connectivity index (χ1v) is 12.0. The summed E-state index contributed by atoms with van der Waals surface area (Å²) in [7, 11) is 0. The van der Waals surface area contributed by atoms with Crippen molar-refractivity contribution in [1.82, 2.24) is 5.32 Å². The van der Waals surface area contributed by atoms with E-state index in [-0.39, 0.29) is 18.7 Å². The third-order valence-electron chi connectivity index (χ3n) is 4.79. The quantitative estimate of drug-likeness (QED) is 0.238. The van der Waals surface area contributed by atoms with Crippen LogP contribution in [0.25, 0.3) is 0 Å². The van der Waals surface area contributed by atoms with Crippen LogP contribution in [0.3, 0.4) is 0 Å². The van der Waals surface area contributed by atoms with Crippen molar-refractivity contribution in [1.29, 1.82) is 0 Å². The first-order valence-electron chi connectivity index (χ1n) is 10.8. The molecule has 0 radical (unpaired) electrons. The van der Waals surface area contributed by atoms with Crippen molar-refractivity contribution in [3.05, 3.63) is 34.9 Å². The van der Waals surface area contributed by atoms with E-state index in [1.165, 1.54) is 23.6 Å². The molecule has 176 valence electrons. The van der Waals surface area contributed by atoms with Gasteiger partial charge >= 0.3 is 5.97 Å². The molecule has 0 unspecified atom stereocenters. The fourth-order valence-electron chi connectivity index (χ4n) is 2.75. The Labute approximate surface area is 191 Å². The van der Waals surface area contributed by atoms with Gasteiger partial charge in [0, 0.05) is 17.4 Å². The van der Waals surface area contributed by atoms with Gasteiger partial charge in [-0.05, 0) is 53.4 Å². The standard InChI is InChI=1S/C24H40N2O4S/c1-17(2)8-6-9-18(3)10-7-11-19(4)12-13-31-16-21(22(27)15-25)26-24(30)20(5)14-23(28)29/h8,10,12,20-21H,6-7,9,11,13-16,25H2,1-5H3,(H,26,30)(H,28,29)/b18-10+,19-12+/t20-,21+/m1/s1. The molecular formula is C24H40N2O4S. The van der Waals surface area contributed by atoms with Gasteiger partial charge in [0.05, 0.1) is 19.0 Å². The van der Waals surface area contributed by atoms with E-state index < -0.39 is 23.8 Å². The second kappa shape index (κ2) is 16.8. The summed E-state index contributed by atoms with van der Waals surface area (Å²) in [5.41, 5.74) is 9.52. The van der Waals surface area contributed by atoms with Crippen LogP contribution in [-0.4, -0.2) is 46.9 Å². The summed E-state index contributed by atoms with van der Waals surface area (Å²) < 4.78 is 0. The van der Waals surface area contributed by atoms with Gasteiger partial charge in [0.1, 0.15) is 0 Å². The summed E-state index contributed by atoms with van der Waals surface area (Å²) in [5, 5.41) is 11.5. The molecule has 0 bridgehead atoms. The molecule has 0 fully saturated rings. The number of carboxylic acid groups (broad SMARTS) is 1. The molecule has 0 rings (SSSR count). The highest BCUT2D eigenvalue weighted by molar-refractivity contribution is 7.99. The average Bonchev–Trinajstić information content (AvgIpc) is 2.68. The Balaban J connectivity index is 4.43. The van der Waals surface area contributed by atoms with Crippen LogP contribution >= 0.6 is 11.8 Å². The zero-order valence-electron chi connectivity index (χ0n) is 19.7. The zero-order chi connectivity index (χ0) is 23.8. The number of nitrogens with two attached hydrogens (primary N) is 1. The van der Waals surface area contributed by atoms with Crippen molar-refractivity contribution in [3.8, 4) is 0 Å². The van der Waals surface area contributed by atoms with Crippen LogP contribution in [0.15, 0.2) is 34.9 Å². The van der Waals surface area contributed by atoms with Crippen LogP contribution in [0.4, 0.5) is 0 Å². The normalized spacial score (nSPS) is 14.0. The zero-order valence-corrected chi connectivity index (χ0v) is 20.5. The van der Waals surface area contributed by atoms with Crippen LogP contribution in [-0.2, 0) is 14.4 Å². The second-order valence-corrected chi connectivity index (χ2v) is 9.30. The summed E-state index contributed by atoms with van der Waals surface area (Å²) in [6, 6.07) is -0.696. The molecule has 0 aromatic carbocycles. The maximum atomic E-state index is 12.1. The van der Waals surface area contributed by atoms with E-state index in [4.69, 9.17) is 10.8 Å². The van der Waals surface area contributed by atoms with E-state index in [2.05, 4.69) is 51.2 Å². The molecule has 0 aliphatic carbocycles. The lowest BCUT2D eigenvalue weighted by atomic mass is 10.1. The topological polar surface area (TPSA) is 109 Å². The molecule has 7 heteroatoms. The number of carboxylic acids is 1. The minimum atomic E-state index is -1.04. The SMILES string of the molecule is CC(C)=CCC/C(C)=C/CC/C(C)=C/CSC[C@H](NC(=O)[C@H](C)CC(=O)O)C(=O)CN. The first kappa shape index (κ1) is 29.1. The second-order valence-electron chi connectivity index (χ2n) is 8.23. The number of aliphatic carboxylic acids is 1. The fourth-order valence-corrected chi connectivity index (χ4v) is 3.80. The Morgan fingerprint density at radius 3 is 2.13 bits per heavy atom. The monoisotopic (exact) mass is 452 g/mol. The van der Waals surface area contributed by atoms with Crippen molar-refractivity contribution in [2.45, 2.75) is 72.8 Å². The number of thioether (sulfide) groups is 1. The lowest BCUT2D eigenvalue weighted by molar-refractivity contribution is -0.141. The molecule has 2 atom stereocenters. The minimum Gasteiger partial charge on any atom is -0.481 e. The number of carbonyl (C=O) groups is 3. The number of amides is 1. The van der Waals surface area contributed by atoms with Gasteiger partial charge in [-0.25, -0.2) is 0 Å². The molecule has 0 heterocycles. The predicted molar refractivity (Wildman–Crippen MR) is 130 cm³/mol. The van der Waals surface area contributed by atoms with Gasteiger partial charge in [0.15, 0.2) is 5.78 Å². The Morgan fingerprint density at radius 1 is 1.00 bits per heavy atom. The number of ketones is 1. The van der Waals surface area contributed by atoms with Crippen LogP contribution in [0.2, 0.25) is 0 Å². The molecule has 0 aromatic heterocycles. The number of Topliss-reactive ketones (excluding diaryl/α,β-unsaturated/α-hetero) is 1. The smallest absolute Gasteiger partial charge is 0.304 e. The van der Waals surface area contributed by atoms with Crippen molar-refractivity contribution < 1.29 is 19.5 Å². The van der Waals surface area contributed by atoms with E-state index >= 15 is 0 Å². The Bertz CT molecular complexity index is 679. The Hall–Kier alpha value is -1.86. The van der Waals surface area contributed by atoms with E-state index in [0.29, 0.717) is 5.75 Å². The largest absolute Gasteiger partial charge is 0.481 e. The number of allylic oxidation sites excluding steroid dienone is 5. The van der Waals surface area contributed by atoms with Crippen LogP contribution in [0.1, 0.15) is 66.7 Å². The molecule has 4 N–H and O–H groups in total. The highest BCUT2D eigenvalue weighted by Gasteiger charge is 2.23. The fraction of sp³-hybridized carbons (Fsp3) is 0.625. The third-order valence-corrected chi connectivity index (χ3v) is 5.76. The molecule has 0 aliphatic rings. The van der Waals surface area contributed by atoms with Gasteiger partial charge in [-0.15, -0.1) is 0 Å². The molecule has 0 aliphatic heterocycles. The maximum Gasteiger partial charge on any atom is 0.304 e. The minimum absolute atomic E-state index is 0.160. The van der Waals surface area contributed by atoms with Crippen LogP contribution in [0.5, 0.6) is 0 Å². The third kappa shape index (κ3) is 15.6. The summed E-state index contributed by atoms with van der Waals surface area (Å²) in [5.74, 6) is -1.28. The number of carbonyl (C=O) groups excluding carboxylic acids is 2. The van der Waals surface area contributed by atoms with Gasteiger partial charge in [-0.3, -0.25) is 14.4 Å². The number of nitrogens with one attached hydrogen (secondary N) is 1. The molecule has 0 saturated heterocycles. The predicted octanol–water partition coefficient (Wildman–Crippen LogP) is 4.26. The van der Waals surface area contributed by atoms with Gasteiger partial charge in [0.2, 0.25) is 5.91 Å². The van der Waals surface area contributed by atoms with Crippen molar-refractivity contribution >= 4 is 29.4 Å². The number of hydrogen-bond donors (Lipinski definition) is 3. The average molecular weight is 453 g/mol. The molecule has 31 heavy (non-hydrogen) atoms. The summed E-state index contributed by atoms with van der Waals surface area (Å²) in [6.07, 6.45) is 10.6. The molecule has 6 nitrogen and oxygen atoms in total. The lowest BCUT2D eigenvalue weighted by Gasteiger charge is -2.18. The summed E-state index contributed by atoms with van der Waals surface area (Å²) in [6.45, 7) is 9.89. The van der Waals surface area contributed by atoms with E-state index in [1.807, 2.05) is 0 Å². The van der Waals surface area contributed by atoms with Gasteiger partial charge < -0.3 is 16.2 Å². The molecular weight excluding hydrogens is 412 g/mol. The van der Waals surface area contributed by atoms with Gasteiger partial charge in [-0.1, -0.05) is 41.9 Å². The Kier molecular flexibility index (Phi) is 15.8. The molecule has 0 aromatic rings. The van der Waals surface area contributed by atoms with E-state index in [0.717, 1.165) is 31.4 Å². The maximum absolute atomic E-state index is 12.1. The first-order chi connectivity index (χ1) is 14.6. The number of hydrogen-bond acceptors (Lipinski definition) is 5. The van der Waals surface area contributed by atoms with Crippen LogP contribution < -0.4 is 11.1 Å². The van der Waals surface area contributed by atoms with Crippen LogP contribution in [0, 0.1) is 5.92 Å².